The van der Waals surface area contributed by atoms with Gasteiger partial charge in [-0.15, -0.1) is 11.8 Å². The van der Waals surface area contributed by atoms with E-state index in [4.69, 9.17) is 4.74 Å². The van der Waals surface area contributed by atoms with Crippen molar-refractivity contribution in [1.82, 2.24) is 4.90 Å². The summed E-state index contributed by atoms with van der Waals surface area (Å²) in [5.74, 6) is 1.18. The highest BCUT2D eigenvalue weighted by Gasteiger charge is 2.40. The molecule has 0 saturated carbocycles. The molecule has 0 aromatic heterocycles. The fourth-order valence-electron chi connectivity index (χ4n) is 4.25. The lowest BCUT2D eigenvalue weighted by atomic mass is 9.82. The van der Waals surface area contributed by atoms with Crippen LogP contribution in [-0.2, 0) is 6.42 Å². The van der Waals surface area contributed by atoms with Crippen molar-refractivity contribution in [3.63, 3.8) is 0 Å². The first-order chi connectivity index (χ1) is 13.4. The molecule has 3 nitrogen and oxygen atoms in total. The lowest BCUT2D eigenvalue weighted by Gasteiger charge is -2.44. The van der Waals surface area contributed by atoms with Crippen LogP contribution >= 0.6 is 11.8 Å². The van der Waals surface area contributed by atoms with Crippen molar-refractivity contribution in [3.05, 3.63) is 59.2 Å². The highest BCUT2D eigenvalue weighted by atomic mass is 32.2. The highest BCUT2D eigenvalue weighted by Crippen LogP contribution is 2.39. The van der Waals surface area contributed by atoms with Crippen LogP contribution in [0.2, 0.25) is 0 Å². The van der Waals surface area contributed by atoms with Crippen LogP contribution in [0.1, 0.15) is 54.6 Å². The number of likely N-dealkylation sites (tertiary alicyclic amines) is 1. The zero-order valence-corrected chi connectivity index (χ0v) is 17.8. The molecule has 28 heavy (non-hydrogen) atoms. The van der Waals surface area contributed by atoms with E-state index in [2.05, 4.69) is 51.1 Å². The number of rotatable bonds is 3. The number of hydrogen-bond acceptors (Lipinski definition) is 3. The van der Waals surface area contributed by atoms with Crippen LogP contribution in [0, 0.1) is 6.92 Å². The van der Waals surface area contributed by atoms with Gasteiger partial charge in [-0.05, 0) is 55.7 Å². The molecule has 1 amide bonds. The molecule has 0 bridgehead atoms. The number of piperidine rings is 1. The Balaban J connectivity index is 1.39. The van der Waals surface area contributed by atoms with E-state index in [1.807, 2.05) is 28.8 Å². The second-order valence-electron chi connectivity index (χ2n) is 8.38. The minimum absolute atomic E-state index is 0.100. The number of carbonyl (C=O) groups is 1. The number of benzene rings is 2. The molecule has 0 atom stereocenters. The van der Waals surface area contributed by atoms with Gasteiger partial charge >= 0.3 is 0 Å². The molecule has 0 unspecified atom stereocenters. The minimum Gasteiger partial charge on any atom is -0.487 e. The van der Waals surface area contributed by atoms with Gasteiger partial charge in [-0.1, -0.05) is 31.5 Å². The number of amides is 1. The zero-order chi connectivity index (χ0) is 19.7. The molecule has 2 aliphatic heterocycles. The number of hydrogen-bond donors (Lipinski definition) is 0. The number of fused-ring (bicyclic) bond motifs is 1. The van der Waals surface area contributed by atoms with Gasteiger partial charge in [-0.2, -0.15) is 0 Å². The topological polar surface area (TPSA) is 29.5 Å². The Hall–Kier alpha value is -1.94. The second kappa shape index (κ2) is 7.82. The van der Waals surface area contributed by atoms with Gasteiger partial charge in [0.2, 0.25) is 0 Å². The van der Waals surface area contributed by atoms with Gasteiger partial charge < -0.3 is 9.64 Å². The number of ether oxygens (including phenoxy) is 1. The van der Waals surface area contributed by atoms with E-state index < -0.39 is 0 Å². The summed E-state index contributed by atoms with van der Waals surface area (Å²) >= 11 is 1.82. The maximum atomic E-state index is 12.9. The Morgan fingerprint density at radius 1 is 1.07 bits per heavy atom. The van der Waals surface area contributed by atoms with Gasteiger partial charge in [0.1, 0.15) is 11.4 Å². The second-order valence-corrected chi connectivity index (χ2v) is 10.0. The van der Waals surface area contributed by atoms with Crippen LogP contribution < -0.4 is 4.74 Å². The van der Waals surface area contributed by atoms with E-state index in [-0.39, 0.29) is 11.5 Å². The van der Waals surface area contributed by atoms with Crippen molar-refractivity contribution in [2.24, 2.45) is 0 Å². The smallest absolute Gasteiger partial charge is 0.253 e. The van der Waals surface area contributed by atoms with Crippen molar-refractivity contribution in [3.8, 4) is 5.75 Å². The predicted molar refractivity (Wildman–Crippen MR) is 115 cm³/mol. The third-order valence-electron chi connectivity index (χ3n) is 5.83. The van der Waals surface area contributed by atoms with Crippen molar-refractivity contribution in [1.29, 1.82) is 0 Å². The standard InChI is InChI=1S/C24H29NO2S/c1-17(2)28-21-7-5-19(6-8-21)23(26)25-14-12-24(13-15-25)11-10-20-16-18(3)4-9-22(20)27-24/h4-9,16-17H,10-15H2,1-3H3. The summed E-state index contributed by atoms with van der Waals surface area (Å²) < 4.78 is 6.46. The first-order valence-electron chi connectivity index (χ1n) is 10.3. The third kappa shape index (κ3) is 4.07. The summed E-state index contributed by atoms with van der Waals surface area (Å²) in [6, 6.07) is 14.5. The molecule has 4 rings (SSSR count). The Kier molecular flexibility index (Phi) is 5.42. The fraction of sp³-hybridized carbons (Fsp3) is 0.458. The van der Waals surface area contributed by atoms with Crippen molar-refractivity contribution in [2.75, 3.05) is 13.1 Å². The molecule has 2 aliphatic rings. The van der Waals surface area contributed by atoms with Gasteiger partial charge in [0.25, 0.3) is 5.91 Å². The van der Waals surface area contributed by atoms with Crippen molar-refractivity contribution < 1.29 is 9.53 Å². The third-order valence-corrected chi connectivity index (χ3v) is 6.84. The Morgan fingerprint density at radius 3 is 2.46 bits per heavy atom. The van der Waals surface area contributed by atoms with Gasteiger partial charge in [-0.25, -0.2) is 0 Å². The van der Waals surface area contributed by atoms with Crippen LogP contribution in [-0.4, -0.2) is 34.7 Å². The number of aryl methyl sites for hydroxylation is 2. The van der Waals surface area contributed by atoms with Gasteiger partial charge in [0, 0.05) is 41.6 Å². The predicted octanol–water partition coefficient (Wildman–Crippen LogP) is 5.50. The molecule has 2 heterocycles. The molecule has 0 radical (unpaired) electrons. The quantitative estimate of drug-likeness (QED) is 0.643. The normalized spacial score (nSPS) is 18.1. The Morgan fingerprint density at radius 2 is 1.79 bits per heavy atom. The molecule has 1 spiro atoms. The summed E-state index contributed by atoms with van der Waals surface area (Å²) in [5.41, 5.74) is 3.30. The monoisotopic (exact) mass is 395 g/mol. The van der Waals surface area contributed by atoms with Crippen molar-refractivity contribution >= 4 is 17.7 Å². The van der Waals surface area contributed by atoms with Crippen molar-refractivity contribution in [2.45, 2.75) is 62.2 Å². The highest BCUT2D eigenvalue weighted by molar-refractivity contribution is 7.99. The zero-order valence-electron chi connectivity index (χ0n) is 17.0. The Bertz CT molecular complexity index is 851. The van der Waals surface area contributed by atoms with Crippen LogP contribution in [0.25, 0.3) is 0 Å². The summed E-state index contributed by atoms with van der Waals surface area (Å²) in [6.07, 6.45) is 3.94. The molecule has 0 N–H and O–H groups in total. The first-order valence-corrected chi connectivity index (χ1v) is 11.2. The summed E-state index contributed by atoms with van der Waals surface area (Å²) in [6.45, 7) is 8.02. The number of carbonyl (C=O) groups excluding carboxylic acids is 1. The lowest BCUT2D eigenvalue weighted by Crippen LogP contribution is -2.51. The van der Waals surface area contributed by atoms with E-state index in [0.717, 1.165) is 50.1 Å². The average molecular weight is 396 g/mol. The maximum absolute atomic E-state index is 12.9. The van der Waals surface area contributed by atoms with E-state index in [1.54, 1.807) is 0 Å². The Labute approximate surface area is 172 Å². The molecule has 4 heteroatoms. The van der Waals surface area contributed by atoms with Crippen LogP contribution in [0.4, 0.5) is 0 Å². The summed E-state index contributed by atoms with van der Waals surface area (Å²) in [7, 11) is 0. The molecule has 1 saturated heterocycles. The van der Waals surface area contributed by atoms with Gasteiger partial charge in [0.05, 0.1) is 0 Å². The van der Waals surface area contributed by atoms with E-state index in [1.165, 1.54) is 16.0 Å². The molecule has 1 fully saturated rings. The first kappa shape index (κ1) is 19.4. The number of thioether (sulfide) groups is 1. The number of nitrogens with zero attached hydrogens (tertiary/aromatic N) is 1. The van der Waals surface area contributed by atoms with Crippen LogP contribution in [0.3, 0.4) is 0 Å². The van der Waals surface area contributed by atoms with Crippen LogP contribution in [0.15, 0.2) is 47.4 Å². The molecule has 2 aromatic carbocycles. The van der Waals surface area contributed by atoms with Gasteiger partial charge in [-0.3, -0.25) is 4.79 Å². The molecule has 2 aromatic rings. The van der Waals surface area contributed by atoms with E-state index >= 15 is 0 Å². The minimum atomic E-state index is -0.100. The fourth-order valence-corrected chi connectivity index (χ4v) is 5.09. The van der Waals surface area contributed by atoms with E-state index in [0.29, 0.717) is 5.25 Å². The average Bonchev–Trinajstić information content (AvgIpc) is 2.69. The summed E-state index contributed by atoms with van der Waals surface area (Å²) in [4.78, 5) is 16.1. The molecule has 0 aliphatic carbocycles. The summed E-state index contributed by atoms with van der Waals surface area (Å²) in [5, 5.41) is 0.546. The van der Waals surface area contributed by atoms with Gasteiger partial charge in [0.15, 0.2) is 0 Å². The van der Waals surface area contributed by atoms with Crippen LogP contribution in [0.5, 0.6) is 5.75 Å². The maximum Gasteiger partial charge on any atom is 0.253 e. The lowest BCUT2D eigenvalue weighted by molar-refractivity contribution is -0.0107. The largest absolute Gasteiger partial charge is 0.487 e. The molecular weight excluding hydrogens is 366 g/mol. The SMILES string of the molecule is Cc1ccc2c(c1)CCC1(CCN(C(=O)c3ccc(SC(C)C)cc3)CC1)O2. The molecular formula is C24H29NO2S. The van der Waals surface area contributed by atoms with E-state index in [9.17, 15) is 4.79 Å². The molecule has 148 valence electrons.